The first-order chi connectivity index (χ1) is 13.1. The lowest BCUT2D eigenvalue weighted by molar-refractivity contribution is -0.117. The van der Waals surface area contributed by atoms with Crippen LogP contribution in [0.25, 0.3) is 11.1 Å². The summed E-state index contributed by atoms with van der Waals surface area (Å²) in [6.45, 7) is 0. The predicted molar refractivity (Wildman–Crippen MR) is 107 cm³/mol. The quantitative estimate of drug-likeness (QED) is 0.628. The second kappa shape index (κ2) is 8.67. The van der Waals surface area contributed by atoms with Crippen molar-refractivity contribution in [3.05, 3.63) is 90.5 Å². The number of carbonyl (C=O) groups excluding carboxylic acids is 2. The molecular weight excluding hydrogens is 338 g/mol. The molecule has 0 aromatic heterocycles. The van der Waals surface area contributed by atoms with E-state index in [-0.39, 0.29) is 5.91 Å². The number of urea groups is 1. The van der Waals surface area contributed by atoms with Crippen LogP contribution in [0.2, 0.25) is 0 Å². The fraction of sp³-hybridized carbons (Fsp3) is 0.0909. The van der Waals surface area contributed by atoms with E-state index >= 15 is 0 Å². The van der Waals surface area contributed by atoms with Crippen molar-refractivity contribution in [1.82, 2.24) is 5.32 Å². The van der Waals surface area contributed by atoms with Gasteiger partial charge in [-0.15, -0.1) is 0 Å². The molecule has 27 heavy (non-hydrogen) atoms. The Kier molecular flexibility index (Phi) is 5.84. The average molecular weight is 359 g/mol. The first kappa shape index (κ1) is 18.2. The summed E-state index contributed by atoms with van der Waals surface area (Å²) in [5.74, 6) is -0.315. The molecule has 0 saturated carbocycles. The highest BCUT2D eigenvalue weighted by Crippen LogP contribution is 2.21. The molecule has 0 aliphatic heterocycles. The van der Waals surface area contributed by atoms with Gasteiger partial charge >= 0.3 is 6.03 Å². The molecule has 0 bridgehead atoms. The van der Waals surface area contributed by atoms with Crippen LogP contribution in [0.1, 0.15) is 5.56 Å². The van der Waals surface area contributed by atoms with E-state index in [1.165, 1.54) is 0 Å². The van der Waals surface area contributed by atoms with Gasteiger partial charge in [-0.2, -0.15) is 0 Å². The number of anilines is 1. The Hall–Kier alpha value is -3.60. The third-order valence-corrected chi connectivity index (χ3v) is 4.18. The van der Waals surface area contributed by atoms with E-state index < -0.39 is 12.1 Å². The van der Waals surface area contributed by atoms with Gasteiger partial charge in [-0.1, -0.05) is 72.8 Å². The number of hydrogen-bond acceptors (Lipinski definition) is 2. The zero-order valence-corrected chi connectivity index (χ0v) is 14.8. The molecule has 3 amide bonds. The Labute approximate surface area is 158 Å². The lowest BCUT2D eigenvalue weighted by Gasteiger charge is -2.17. The smallest absolute Gasteiger partial charge is 0.312 e. The summed E-state index contributed by atoms with van der Waals surface area (Å²) in [6.07, 6.45) is 0.359. The van der Waals surface area contributed by atoms with Crippen molar-refractivity contribution >= 4 is 17.6 Å². The summed E-state index contributed by atoms with van der Waals surface area (Å²) >= 11 is 0. The van der Waals surface area contributed by atoms with Crippen molar-refractivity contribution < 1.29 is 9.59 Å². The summed E-state index contributed by atoms with van der Waals surface area (Å²) in [5.41, 5.74) is 8.99. The van der Waals surface area contributed by atoms with Gasteiger partial charge in [-0.25, -0.2) is 4.79 Å². The lowest BCUT2D eigenvalue weighted by Crippen LogP contribution is -2.47. The summed E-state index contributed by atoms with van der Waals surface area (Å²) in [6, 6.07) is 25.5. The van der Waals surface area contributed by atoms with Crippen LogP contribution in [0, 0.1) is 0 Å². The Morgan fingerprint density at radius 1 is 0.778 bits per heavy atom. The minimum Gasteiger partial charge on any atom is -0.352 e. The number of nitrogens with one attached hydrogen (secondary N) is 2. The van der Waals surface area contributed by atoms with E-state index in [0.29, 0.717) is 12.1 Å². The van der Waals surface area contributed by atoms with Crippen LogP contribution in [0.15, 0.2) is 84.9 Å². The van der Waals surface area contributed by atoms with Gasteiger partial charge in [0.05, 0.1) is 0 Å². The Morgan fingerprint density at radius 2 is 1.33 bits per heavy atom. The summed E-state index contributed by atoms with van der Waals surface area (Å²) < 4.78 is 0. The van der Waals surface area contributed by atoms with Crippen molar-refractivity contribution in [1.29, 1.82) is 0 Å². The third kappa shape index (κ3) is 5.19. The highest BCUT2D eigenvalue weighted by Gasteiger charge is 2.20. The van der Waals surface area contributed by atoms with Crippen LogP contribution < -0.4 is 16.4 Å². The molecule has 0 radical (unpaired) electrons. The van der Waals surface area contributed by atoms with Crippen LogP contribution in [-0.2, 0) is 11.2 Å². The predicted octanol–water partition coefficient (Wildman–Crippen LogP) is 3.57. The Balaban J connectivity index is 1.70. The van der Waals surface area contributed by atoms with E-state index in [2.05, 4.69) is 10.6 Å². The summed E-state index contributed by atoms with van der Waals surface area (Å²) in [4.78, 5) is 23.9. The number of rotatable bonds is 6. The molecule has 1 unspecified atom stereocenters. The molecule has 0 aliphatic rings. The maximum absolute atomic E-state index is 12.6. The fourth-order valence-electron chi connectivity index (χ4n) is 2.84. The van der Waals surface area contributed by atoms with Gasteiger partial charge in [-0.3, -0.25) is 4.79 Å². The van der Waals surface area contributed by atoms with Gasteiger partial charge in [0, 0.05) is 12.1 Å². The van der Waals surface area contributed by atoms with E-state index in [4.69, 9.17) is 5.73 Å². The molecule has 0 fully saturated rings. The van der Waals surface area contributed by atoms with Crippen molar-refractivity contribution in [2.45, 2.75) is 12.5 Å². The number of nitrogens with two attached hydrogens (primary N) is 1. The van der Waals surface area contributed by atoms with E-state index in [1.807, 2.05) is 84.9 Å². The highest BCUT2D eigenvalue weighted by atomic mass is 16.2. The molecule has 3 aromatic carbocycles. The first-order valence-corrected chi connectivity index (χ1v) is 8.68. The number of primary amides is 1. The van der Waals surface area contributed by atoms with Crippen molar-refractivity contribution in [3.8, 4) is 11.1 Å². The first-order valence-electron chi connectivity index (χ1n) is 8.68. The van der Waals surface area contributed by atoms with E-state index in [9.17, 15) is 9.59 Å². The standard InChI is InChI=1S/C22H21N3O2/c23-22(27)25-20(15-16-7-3-1-4-8-16)21(26)24-19-13-11-18(12-14-19)17-9-5-2-6-10-17/h1-14,20H,15H2,(H,24,26)(H3,23,25,27). The van der Waals surface area contributed by atoms with Crippen LogP contribution in [0.3, 0.4) is 0 Å². The van der Waals surface area contributed by atoms with Crippen LogP contribution in [0.5, 0.6) is 0 Å². The molecule has 5 nitrogen and oxygen atoms in total. The van der Waals surface area contributed by atoms with E-state index in [0.717, 1.165) is 16.7 Å². The zero-order valence-electron chi connectivity index (χ0n) is 14.8. The maximum atomic E-state index is 12.6. The topological polar surface area (TPSA) is 84.2 Å². The number of carbonyl (C=O) groups is 2. The number of amides is 3. The largest absolute Gasteiger partial charge is 0.352 e. The van der Waals surface area contributed by atoms with Gasteiger partial charge < -0.3 is 16.4 Å². The molecule has 0 spiro atoms. The monoisotopic (exact) mass is 359 g/mol. The van der Waals surface area contributed by atoms with Gasteiger partial charge in [0.1, 0.15) is 6.04 Å². The molecule has 0 aliphatic carbocycles. The average Bonchev–Trinajstić information content (AvgIpc) is 2.69. The second-order valence-corrected chi connectivity index (χ2v) is 6.18. The summed E-state index contributed by atoms with van der Waals surface area (Å²) in [5, 5.41) is 5.35. The molecule has 1 atom stereocenters. The van der Waals surface area contributed by atoms with Crippen molar-refractivity contribution in [3.63, 3.8) is 0 Å². The minimum atomic E-state index is -0.751. The summed E-state index contributed by atoms with van der Waals surface area (Å²) in [7, 11) is 0. The molecule has 3 rings (SSSR count). The molecule has 5 heteroatoms. The number of benzene rings is 3. The molecule has 136 valence electrons. The van der Waals surface area contributed by atoms with Crippen LogP contribution in [-0.4, -0.2) is 18.0 Å². The molecule has 4 N–H and O–H groups in total. The van der Waals surface area contributed by atoms with Gasteiger partial charge in [0.25, 0.3) is 0 Å². The molecule has 0 heterocycles. The van der Waals surface area contributed by atoms with Crippen LogP contribution >= 0.6 is 0 Å². The van der Waals surface area contributed by atoms with Gasteiger partial charge in [-0.05, 0) is 28.8 Å². The zero-order chi connectivity index (χ0) is 19.1. The lowest BCUT2D eigenvalue weighted by atomic mass is 10.0. The van der Waals surface area contributed by atoms with Crippen LogP contribution in [0.4, 0.5) is 10.5 Å². The number of hydrogen-bond donors (Lipinski definition) is 3. The minimum absolute atomic E-state index is 0.315. The van der Waals surface area contributed by atoms with Gasteiger partial charge in [0.2, 0.25) is 5.91 Å². The highest BCUT2D eigenvalue weighted by molar-refractivity contribution is 5.97. The molecule has 0 saturated heterocycles. The molecular formula is C22H21N3O2. The third-order valence-electron chi connectivity index (χ3n) is 4.18. The normalized spacial score (nSPS) is 11.4. The molecule has 3 aromatic rings. The second-order valence-electron chi connectivity index (χ2n) is 6.18. The van der Waals surface area contributed by atoms with Crippen molar-refractivity contribution in [2.75, 3.05) is 5.32 Å². The maximum Gasteiger partial charge on any atom is 0.312 e. The van der Waals surface area contributed by atoms with Gasteiger partial charge in [0.15, 0.2) is 0 Å². The Morgan fingerprint density at radius 3 is 1.93 bits per heavy atom. The Bertz CT molecular complexity index is 894. The van der Waals surface area contributed by atoms with E-state index in [1.54, 1.807) is 0 Å². The SMILES string of the molecule is NC(=O)NC(Cc1ccccc1)C(=O)Nc1ccc(-c2ccccc2)cc1. The fourth-order valence-corrected chi connectivity index (χ4v) is 2.84. The van der Waals surface area contributed by atoms with Crippen molar-refractivity contribution in [2.24, 2.45) is 5.73 Å².